The van der Waals surface area contributed by atoms with Crippen LogP contribution in [0.3, 0.4) is 0 Å². The molecular weight excluding hydrogens is 396 g/mol. The van der Waals surface area contributed by atoms with Crippen molar-refractivity contribution in [3.8, 4) is 17.0 Å². The van der Waals surface area contributed by atoms with E-state index in [9.17, 15) is 0 Å². The van der Waals surface area contributed by atoms with E-state index in [1.165, 1.54) is 16.0 Å². The molecule has 148 valence electrons. The van der Waals surface area contributed by atoms with Gasteiger partial charge < -0.3 is 14.5 Å². The van der Waals surface area contributed by atoms with E-state index in [1.54, 1.807) is 24.7 Å². The third kappa shape index (κ3) is 2.48. The number of furan rings is 1. The molecule has 30 heavy (non-hydrogen) atoms. The Morgan fingerprint density at radius 3 is 2.80 bits per heavy atom. The van der Waals surface area contributed by atoms with Gasteiger partial charge in [0, 0.05) is 22.5 Å². The fourth-order valence-corrected chi connectivity index (χ4v) is 5.29. The van der Waals surface area contributed by atoms with Gasteiger partial charge in [0.1, 0.15) is 16.6 Å². The van der Waals surface area contributed by atoms with Gasteiger partial charge in [-0.05, 0) is 35.9 Å². The highest BCUT2D eigenvalue weighted by Crippen LogP contribution is 2.44. The maximum absolute atomic E-state index is 8.87. The first-order valence-corrected chi connectivity index (χ1v) is 10.5. The van der Waals surface area contributed by atoms with Crippen LogP contribution in [0, 0.1) is 5.41 Å². The van der Waals surface area contributed by atoms with Crippen LogP contribution in [0.5, 0.6) is 5.75 Å². The molecule has 0 amide bonds. The van der Waals surface area contributed by atoms with Gasteiger partial charge >= 0.3 is 0 Å². The molecule has 6 rings (SSSR count). The van der Waals surface area contributed by atoms with E-state index in [2.05, 4.69) is 29.6 Å². The predicted octanol–water partition coefficient (Wildman–Crippen LogP) is 5.27. The normalized spacial score (nSPS) is 16.6. The summed E-state index contributed by atoms with van der Waals surface area (Å²) < 4.78 is 10.9. The van der Waals surface area contributed by atoms with E-state index in [-0.39, 0.29) is 6.17 Å². The lowest BCUT2D eigenvalue weighted by molar-refractivity contribution is 0.415. The number of rotatable bonds is 3. The average Bonchev–Trinajstić information content (AvgIpc) is 3.48. The topological polar surface area (TPSA) is 74.4 Å². The lowest BCUT2D eigenvalue weighted by Gasteiger charge is -2.36. The van der Waals surface area contributed by atoms with E-state index in [1.807, 2.05) is 35.2 Å². The monoisotopic (exact) mass is 414 g/mol. The lowest BCUT2D eigenvalue weighted by Crippen LogP contribution is -2.42. The fraction of sp³-hybridized carbons (Fsp3) is 0.130. The molecule has 0 saturated carbocycles. The molecule has 0 bridgehead atoms. The fourth-order valence-electron chi connectivity index (χ4n) is 4.14. The third-order valence-electron chi connectivity index (χ3n) is 5.61. The molecule has 1 unspecified atom stereocenters. The van der Waals surface area contributed by atoms with Crippen LogP contribution in [0.4, 0.5) is 11.6 Å². The van der Waals surface area contributed by atoms with E-state index in [0.29, 0.717) is 11.7 Å². The van der Waals surface area contributed by atoms with Crippen molar-refractivity contribution in [1.82, 2.24) is 4.98 Å². The Morgan fingerprint density at radius 2 is 1.97 bits per heavy atom. The molecule has 2 N–H and O–H groups in total. The van der Waals surface area contributed by atoms with E-state index >= 15 is 0 Å². The second-order valence-electron chi connectivity index (χ2n) is 7.28. The molecule has 1 aliphatic carbocycles. The van der Waals surface area contributed by atoms with Crippen LogP contribution in [0.25, 0.3) is 11.3 Å². The summed E-state index contributed by atoms with van der Waals surface area (Å²) in [4.78, 5) is 8.23. The second kappa shape index (κ2) is 6.47. The van der Waals surface area contributed by atoms with Crippen LogP contribution in [-0.4, -0.2) is 17.9 Å². The number of hydrogen-bond acceptors (Lipinski definition) is 6. The van der Waals surface area contributed by atoms with Crippen molar-refractivity contribution >= 4 is 28.7 Å². The van der Waals surface area contributed by atoms with Crippen molar-refractivity contribution in [2.75, 3.05) is 17.3 Å². The smallest absolute Gasteiger partial charge is 0.205 e. The van der Waals surface area contributed by atoms with Crippen molar-refractivity contribution < 1.29 is 9.15 Å². The van der Waals surface area contributed by atoms with Gasteiger partial charge in [0.05, 0.1) is 24.6 Å². The summed E-state index contributed by atoms with van der Waals surface area (Å²) in [5, 5.41) is 13.2. The van der Waals surface area contributed by atoms with Gasteiger partial charge in [0.2, 0.25) is 5.88 Å². The maximum atomic E-state index is 8.87. The number of hydrogen-bond donors (Lipinski definition) is 2. The van der Waals surface area contributed by atoms with Crippen LogP contribution in [0.2, 0.25) is 0 Å². The van der Waals surface area contributed by atoms with Crippen molar-refractivity contribution in [3.05, 3.63) is 81.9 Å². The first-order valence-electron chi connectivity index (χ1n) is 9.67. The molecule has 2 aliphatic rings. The first kappa shape index (κ1) is 17.3. The van der Waals surface area contributed by atoms with E-state index < -0.39 is 0 Å². The zero-order valence-corrected chi connectivity index (χ0v) is 17.0. The van der Waals surface area contributed by atoms with Gasteiger partial charge in [-0.2, -0.15) is 0 Å². The highest BCUT2D eigenvalue weighted by molar-refractivity contribution is 7.12. The molecule has 2 aromatic heterocycles. The predicted molar refractivity (Wildman–Crippen MR) is 118 cm³/mol. The quantitative estimate of drug-likeness (QED) is 0.421. The Hall–Kier alpha value is -3.58. The molecule has 0 spiro atoms. The number of fused-ring (bicyclic) bond motifs is 4. The van der Waals surface area contributed by atoms with Crippen molar-refractivity contribution in [2.45, 2.75) is 12.6 Å². The molecule has 6 nitrogen and oxygen atoms in total. The van der Waals surface area contributed by atoms with Crippen LogP contribution in [0.1, 0.15) is 27.2 Å². The van der Waals surface area contributed by atoms with Gasteiger partial charge in [0.15, 0.2) is 6.17 Å². The number of methoxy groups -OCH3 is 1. The van der Waals surface area contributed by atoms with Gasteiger partial charge in [-0.3, -0.25) is 10.3 Å². The molecule has 1 aliphatic heterocycles. The number of anilines is 2. The Labute approximate surface area is 177 Å². The summed E-state index contributed by atoms with van der Waals surface area (Å²) in [6, 6.07) is 18.0. The van der Waals surface area contributed by atoms with Gasteiger partial charge in [-0.25, -0.2) is 4.98 Å². The summed E-state index contributed by atoms with van der Waals surface area (Å²) in [5.74, 6) is 1.76. The second-order valence-corrected chi connectivity index (χ2v) is 8.40. The molecule has 3 heterocycles. The molecule has 1 atom stereocenters. The number of amidine groups is 1. The molecular formula is C23H18N4O2S. The summed E-state index contributed by atoms with van der Waals surface area (Å²) in [7, 11) is 1.65. The highest BCUT2D eigenvalue weighted by Gasteiger charge is 2.37. The van der Waals surface area contributed by atoms with E-state index in [0.717, 1.165) is 34.1 Å². The van der Waals surface area contributed by atoms with Gasteiger partial charge in [-0.15, -0.1) is 11.3 Å². The zero-order valence-electron chi connectivity index (χ0n) is 16.2. The largest absolute Gasteiger partial charge is 0.497 e. The van der Waals surface area contributed by atoms with Crippen LogP contribution >= 0.6 is 11.3 Å². The number of nitrogens with one attached hydrogen (secondary N) is 2. The minimum Gasteiger partial charge on any atom is -0.497 e. The summed E-state index contributed by atoms with van der Waals surface area (Å²) in [6.45, 7) is 0. The number of nitrogens with zero attached hydrogens (tertiary/aromatic N) is 2. The van der Waals surface area contributed by atoms with Gasteiger partial charge in [-0.1, -0.05) is 24.3 Å². The van der Waals surface area contributed by atoms with Crippen molar-refractivity contribution in [1.29, 1.82) is 5.41 Å². The molecule has 0 radical (unpaired) electrons. The van der Waals surface area contributed by atoms with Crippen molar-refractivity contribution in [2.24, 2.45) is 0 Å². The molecule has 4 aromatic rings. The Kier molecular flexibility index (Phi) is 3.73. The average molecular weight is 414 g/mol. The van der Waals surface area contributed by atoms with Crippen LogP contribution in [-0.2, 0) is 6.42 Å². The molecule has 7 heteroatoms. The zero-order chi connectivity index (χ0) is 20.2. The Morgan fingerprint density at radius 1 is 1.13 bits per heavy atom. The number of thiazole rings is 1. The number of aromatic nitrogens is 1. The van der Waals surface area contributed by atoms with Crippen LogP contribution in [0.15, 0.2) is 65.3 Å². The minimum atomic E-state index is -0.327. The maximum Gasteiger partial charge on any atom is 0.205 e. The lowest BCUT2D eigenvalue weighted by atomic mass is 10.1. The number of ether oxygens (including phenoxy) is 1. The molecule has 2 aromatic carbocycles. The SMILES string of the molecule is COc1ccc(N2C(=N)c3ccoc3NC2c2nc3c(s2)Cc2ccccc2-3)cc1. The molecule has 0 fully saturated rings. The van der Waals surface area contributed by atoms with Crippen molar-refractivity contribution in [3.63, 3.8) is 0 Å². The Bertz CT molecular complexity index is 1270. The van der Waals surface area contributed by atoms with Crippen LogP contribution < -0.4 is 15.0 Å². The Balaban J connectivity index is 1.46. The molecule has 0 saturated heterocycles. The highest BCUT2D eigenvalue weighted by atomic mass is 32.1. The summed E-state index contributed by atoms with van der Waals surface area (Å²) >= 11 is 1.69. The third-order valence-corrected chi connectivity index (χ3v) is 6.72. The number of benzene rings is 2. The summed E-state index contributed by atoms with van der Waals surface area (Å²) in [6.07, 6.45) is 2.19. The first-order chi connectivity index (χ1) is 14.7. The summed E-state index contributed by atoms with van der Waals surface area (Å²) in [5.41, 5.74) is 5.20. The van der Waals surface area contributed by atoms with Gasteiger partial charge in [0.25, 0.3) is 0 Å². The minimum absolute atomic E-state index is 0.327. The standard InChI is InChI=1S/C23H18N4O2S/c1-28-15-8-6-14(7-9-15)27-20(24)17-10-11-29-22(17)26-21(27)23-25-19-16-5-3-2-4-13(16)12-18(19)30-23/h2-11,21,24,26H,12H2,1H3. The van der Waals surface area contributed by atoms with E-state index in [4.69, 9.17) is 19.5 Å².